The zero-order valence-electron chi connectivity index (χ0n) is 7.75. The third kappa shape index (κ3) is 2.16. The first-order valence-corrected chi connectivity index (χ1v) is 4.25. The summed E-state index contributed by atoms with van der Waals surface area (Å²) in [6.45, 7) is 0. The molecule has 2 rings (SSSR count). The highest BCUT2D eigenvalue weighted by molar-refractivity contribution is 5.76. The summed E-state index contributed by atoms with van der Waals surface area (Å²) >= 11 is 0. The first-order chi connectivity index (χ1) is 7.25. The van der Waals surface area contributed by atoms with Gasteiger partial charge in [-0.05, 0) is 6.07 Å². The van der Waals surface area contributed by atoms with E-state index in [4.69, 9.17) is 10.2 Å². The molecule has 0 bridgehead atoms. The molecule has 2 heterocycles. The van der Waals surface area contributed by atoms with Gasteiger partial charge in [0.2, 0.25) is 11.8 Å². The largest absolute Gasteiger partial charge is 0.444 e. The highest BCUT2D eigenvalue weighted by atomic mass is 16.3. The molecule has 0 fully saturated rings. The molecular weight excluding hydrogens is 196 g/mol. The molecule has 0 radical (unpaired) electrons. The average molecular weight is 204 g/mol. The summed E-state index contributed by atoms with van der Waals surface area (Å²) in [6.07, 6.45) is 4.54. The molecule has 6 nitrogen and oxygen atoms in total. The summed E-state index contributed by atoms with van der Waals surface area (Å²) in [6, 6.07) is 1.72. The van der Waals surface area contributed by atoms with E-state index < -0.39 is 5.91 Å². The van der Waals surface area contributed by atoms with Crippen LogP contribution >= 0.6 is 0 Å². The van der Waals surface area contributed by atoms with E-state index in [1.165, 1.54) is 18.7 Å². The number of carbonyl (C=O) groups is 1. The second-order valence-corrected chi connectivity index (χ2v) is 2.92. The van der Waals surface area contributed by atoms with Gasteiger partial charge in [0.25, 0.3) is 0 Å². The van der Waals surface area contributed by atoms with Crippen molar-refractivity contribution in [2.45, 2.75) is 6.42 Å². The highest BCUT2D eigenvalue weighted by Gasteiger charge is 2.08. The van der Waals surface area contributed by atoms with Crippen LogP contribution in [0.1, 0.15) is 5.69 Å². The van der Waals surface area contributed by atoms with Gasteiger partial charge in [0.15, 0.2) is 0 Å². The maximum atomic E-state index is 10.6. The average Bonchev–Trinajstić information content (AvgIpc) is 2.67. The first-order valence-electron chi connectivity index (χ1n) is 4.25. The van der Waals surface area contributed by atoms with Gasteiger partial charge in [0.1, 0.15) is 6.26 Å². The lowest BCUT2D eigenvalue weighted by Crippen LogP contribution is -2.13. The molecule has 0 saturated heterocycles. The zero-order chi connectivity index (χ0) is 10.7. The van der Waals surface area contributed by atoms with Crippen molar-refractivity contribution >= 4 is 5.91 Å². The fourth-order valence-electron chi connectivity index (χ4n) is 1.12. The van der Waals surface area contributed by atoms with Crippen molar-refractivity contribution in [3.63, 3.8) is 0 Å². The Bertz CT molecular complexity index is 466. The smallest absolute Gasteiger partial charge is 0.227 e. The Balaban J connectivity index is 2.24. The van der Waals surface area contributed by atoms with Gasteiger partial charge in [-0.1, -0.05) is 0 Å². The number of amides is 1. The summed E-state index contributed by atoms with van der Waals surface area (Å²) in [4.78, 5) is 14.7. The summed E-state index contributed by atoms with van der Waals surface area (Å²) in [5.74, 6) is -0.0381. The SMILES string of the molecule is NC(=O)Cc1coc(-c2ccnnc2)n1. The Morgan fingerprint density at radius 1 is 1.47 bits per heavy atom. The molecule has 2 aromatic rings. The number of primary amides is 1. The fourth-order valence-corrected chi connectivity index (χ4v) is 1.12. The molecule has 0 aromatic carbocycles. The number of hydrogen-bond acceptors (Lipinski definition) is 5. The molecule has 0 unspecified atom stereocenters. The molecule has 76 valence electrons. The maximum absolute atomic E-state index is 10.6. The minimum absolute atomic E-state index is 0.0714. The lowest BCUT2D eigenvalue weighted by molar-refractivity contribution is -0.117. The van der Waals surface area contributed by atoms with Crippen LogP contribution < -0.4 is 5.73 Å². The molecule has 2 aromatic heterocycles. The van der Waals surface area contributed by atoms with Crippen LogP contribution in [0.5, 0.6) is 0 Å². The second kappa shape index (κ2) is 3.87. The van der Waals surface area contributed by atoms with E-state index in [1.54, 1.807) is 6.07 Å². The predicted molar refractivity (Wildman–Crippen MR) is 50.4 cm³/mol. The van der Waals surface area contributed by atoms with Gasteiger partial charge in [-0.2, -0.15) is 10.2 Å². The van der Waals surface area contributed by atoms with Crippen molar-refractivity contribution < 1.29 is 9.21 Å². The van der Waals surface area contributed by atoms with Crippen LogP contribution in [0.3, 0.4) is 0 Å². The Morgan fingerprint density at radius 2 is 2.33 bits per heavy atom. The van der Waals surface area contributed by atoms with E-state index in [1.807, 2.05) is 0 Å². The van der Waals surface area contributed by atoms with Gasteiger partial charge >= 0.3 is 0 Å². The Labute approximate surface area is 85.1 Å². The lowest BCUT2D eigenvalue weighted by atomic mass is 10.3. The highest BCUT2D eigenvalue weighted by Crippen LogP contribution is 2.16. The van der Waals surface area contributed by atoms with E-state index in [0.29, 0.717) is 17.1 Å². The molecule has 0 spiro atoms. The molecule has 15 heavy (non-hydrogen) atoms. The van der Waals surface area contributed by atoms with Crippen LogP contribution in [0, 0.1) is 0 Å². The van der Waals surface area contributed by atoms with Crippen molar-refractivity contribution in [2.75, 3.05) is 0 Å². The molecule has 0 saturated carbocycles. The maximum Gasteiger partial charge on any atom is 0.227 e. The van der Waals surface area contributed by atoms with Gasteiger partial charge in [0.05, 0.1) is 30.1 Å². The van der Waals surface area contributed by atoms with Crippen LogP contribution in [0.4, 0.5) is 0 Å². The van der Waals surface area contributed by atoms with Crippen LogP contribution in [0.25, 0.3) is 11.5 Å². The summed E-state index contributed by atoms with van der Waals surface area (Å²) in [7, 11) is 0. The predicted octanol–water partition coefficient (Wildman–Crippen LogP) is 0.159. The number of carbonyl (C=O) groups excluding carboxylic acids is 1. The van der Waals surface area contributed by atoms with Crippen LogP contribution in [0.15, 0.2) is 29.1 Å². The standard InChI is InChI=1S/C9H8N4O2/c10-8(14)3-7-5-15-9(13-7)6-1-2-11-12-4-6/h1-2,4-5H,3H2,(H2,10,14). The molecule has 0 aliphatic rings. The van der Waals surface area contributed by atoms with Crippen molar-refractivity contribution in [3.05, 3.63) is 30.4 Å². The van der Waals surface area contributed by atoms with E-state index in [0.717, 1.165) is 0 Å². The lowest BCUT2D eigenvalue weighted by Gasteiger charge is -1.90. The molecule has 0 atom stereocenters. The normalized spacial score (nSPS) is 10.1. The van der Waals surface area contributed by atoms with E-state index in [9.17, 15) is 4.79 Å². The van der Waals surface area contributed by atoms with Crippen LogP contribution in [-0.2, 0) is 11.2 Å². The Hall–Kier alpha value is -2.24. The van der Waals surface area contributed by atoms with E-state index >= 15 is 0 Å². The van der Waals surface area contributed by atoms with Crippen LogP contribution in [0.2, 0.25) is 0 Å². The Kier molecular flexibility index (Phi) is 2.40. The first kappa shape index (κ1) is 9.32. The van der Waals surface area contributed by atoms with Crippen molar-refractivity contribution in [2.24, 2.45) is 5.73 Å². The van der Waals surface area contributed by atoms with Gasteiger partial charge in [-0.25, -0.2) is 4.98 Å². The second-order valence-electron chi connectivity index (χ2n) is 2.92. The number of hydrogen-bond donors (Lipinski definition) is 1. The number of aromatic nitrogens is 3. The molecule has 6 heteroatoms. The van der Waals surface area contributed by atoms with Gasteiger partial charge < -0.3 is 10.2 Å². The summed E-state index contributed by atoms with van der Waals surface area (Å²) in [5, 5.41) is 7.32. The molecule has 0 aliphatic heterocycles. The number of nitrogens with zero attached hydrogens (tertiary/aromatic N) is 3. The summed E-state index contributed by atoms with van der Waals surface area (Å²) < 4.78 is 5.16. The fraction of sp³-hybridized carbons (Fsp3) is 0.111. The van der Waals surface area contributed by atoms with Gasteiger partial charge in [-0.15, -0.1) is 0 Å². The quantitative estimate of drug-likeness (QED) is 0.768. The van der Waals surface area contributed by atoms with Crippen molar-refractivity contribution in [3.8, 4) is 11.5 Å². The molecular formula is C9H8N4O2. The molecule has 1 amide bonds. The van der Waals surface area contributed by atoms with E-state index in [2.05, 4.69) is 15.2 Å². The van der Waals surface area contributed by atoms with Gasteiger partial charge in [0, 0.05) is 0 Å². The molecule has 0 aliphatic carbocycles. The third-order valence-corrected chi connectivity index (χ3v) is 1.74. The number of rotatable bonds is 3. The number of nitrogens with two attached hydrogens (primary N) is 1. The topological polar surface area (TPSA) is 94.9 Å². The van der Waals surface area contributed by atoms with Crippen molar-refractivity contribution in [1.29, 1.82) is 0 Å². The summed E-state index contributed by atoms with van der Waals surface area (Å²) in [5.41, 5.74) is 6.25. The van der Waals surface area contributed by atoms with E-state index in [-0.39, 0.29) is 6.42 Å². The minimum Gasteiger partial charge on any atom is -0.444 e. The van der Waals surface area contributed by atoms with Crippen molar-refractivity contribution in [1.82, 2.24) is 15.2 Å². The monoisotopic (exact) mass is 204 g/mol. The van der Waals surface area contributed by atoms with Gasteiger partial charge in [-0.3, -0.25) is 4.79 Å². The zero-order valence-corrected chi connectivity index (χ0v) is 7.75. The third-order valence-electron chi connectivity index (χ3n) is 1.74. The minimum atomic E-state index is -0.442. The van der Waals surface area contributed by atoms with Crippen LogP contribution in [-0.4, -0.2) is 21.1 Å². The molecule has 2 N–H and O–H groups in total. The number of oxazole rings is 1. The Morgan fingerprint density at radius 3 is 3.00 bits per heavy atom.